The van der Waals surface area contributed by atoms with Gasteiger partial charge in [0, 0.05) is 13.0 Å². The zero-order valence-electron chi connectivity index (χ0n) is 9.92. The maximum Gasteiger partial charge on any atom is 0.303 e. The van der Waals surface area contributed by atoms with E-state index in [0.717, 1.165) is 13.1 Å². The predicted molar refractivity (Wildman–Crippen MR) is 64.5 cm³/mol. The Hall–Kier alpha value is -1.35. The molecule has 88 valence electrons. The normalized spacial score (nSPS) is 10.4. The number of benzene rings is 1. The maximum atomic E-state index is 10.3. The van der Waals surface area contributed by atoms with Crippen molar-refractivity contribution in [2.24, 2.45) is 0 Å². The van der Waals surface area contributed by atoms with Crippen LogP contribution >= 0.6 is 0 Å². The first kappa shape index (κ1) is 12.7. The van der Waals surface area contributed by atoms with Crippen LogP contribution in [-0.4, -0.2) is 17.6 Å². The summed E-state index contributed by atoms with van der Waals surface area (Å²) in [6, 6.07) is 6.38. The van der Waals surface area contributed by atoms with E-state index in [1.165, 1.54) is 16.7 Å². The first-order chi connectivity index (χ1) is 7.59. The van der Waals surface area contributed by atoms with Gasteiger partial charge in [0.2, 0.25) is 0 Å². The topological polar surface area (TPSA) is 49.3 Å². The van der Waals surface area contributed by atoms with Gasteiger partial charge in [0.05, 0.1) is 0 Å². The molecular weight excluding hydrogens is 202 g/mol. The lowest BCUT2D eigenvalue weighted by Crippen LogP contribution is -2.15. The van der Waals surface area contributed by atoms with Gasteiger partial charge in [0.25, 0.3) is 0 Å². The van der Waals surface area contributed by atoms with Crippen LogP contribution in [0.25, 0.3) is 0 Å². The molecule has 0 bridgehead atoms. The van der Waals surface area contributed by atoms with Crippen LogP contribution in [0.3, 0.4) is 0 Å². The number of aliphatic carboxylic acids is 1. The zero-order valence-corrected chi connectivity index (χ0v) is 9.92. The molecule has 16 heavy (non-hydrogen) atoms. The Kier molecular flexibility index (Phi) is 4.99. The van der Waals surface area contributed by atoms with Crippen LogP contribution in [0.5, 0.6) is 0 Å². The van der Waals surface area contributed by atoms with Crippen molar-refractivity contribution >= 4 is 5.97 Å². The van der Waals surface area contributed by atoms with E-state index in [4.69, 9.17) is 5.11 Å². The molecule has 0 amide bonds. The Balaban J connectivity index is 2.27. The average Bonchev–Trinajstić information content (AvgIpc) is 2.22. The molecule has 0 radical (unpaired) electrons. The third-order valence-electron chi connectivity index (χ3n) is 2.64. The molecule has 0 heterocycles. The lowest BCUT2D eigenvalue weighted by atomic mass is 10.1. The fraction of sp³-hybridized carbons (Fsp3) is 0.462. The van der Waals surface area contributed by atoms with Crippen LogP contribution in [-0.2, 0) is 11.3 Å². The van der Waals surface area contributed by atoms with Gasteiger partial charge < -0.3 is 10.4 Å². The summed E-state index contributed by atoms with van der Waals surface area (Å²) in [7, 11) is 0. The summed E-state index contributed by atoms with van der Waals surface area (Å²) < 4.78 is 0. The van der Waals surface area contributed by atoms with Gasteiger partial charge in [0.1, 0.15) is 0 Å². The van der Waals surface area contributed by atoms with Crippen molar-refractivity contribution in [1.82, 2.24) is 5.32 Å². The van der Waals surface area contributed by atoms with Crippen molar-refractivity contribution in [3.8, 4) is 0 Å². The molecule has 0 spiro atoms. The highest BCUT2D eigenvalue weighted by molar-refractivity contribution is 5.66. The molecule has 0 aliphatic heterocycles. The van der Waals surface area contributed by atoms with Gasteiger partial charge in [-0.2, -0.15) is 0 Å². The van der Waals surface area contributed by atoms with E-state index in [9.17, 15) is 4.79 Å². The van der Waals surface area contributed by atoms with Gasteiger partial charge in [-0.1, -0.05) is 18.2 Å². The lowest BCUT2D eigenvalue weighted by Gasteiger charge is -2.06. The number of rotatable bonds is 6. The van der Waals surface area contributed by atoms with Gasteiger partial charge in [-0.25, -0.2) is 0 Å². The Labute approximate surface area is 96.5 Å². The summed E-state index contributed by atoms with van der Waals surface area (Å²) in [6.45, 7) is 5.75. The quantitative estimate of drug-likeness (QED) is 0.724. The van der Waals surface area contributed by atoms with Gasteiger partial charge >= 0.3 is 5.97 Å². The average molecular weight is 221 g/mol. The number of hydrogen-bond acceptors (Lipinski definition) is 2. The highest BCUT2D eigenvalue weighted by Gasteiger charge is 1.98. The second-order valence-electron chi connectivity index (χ2n) is 4.09. The fourth-order valence-corrected chi connectivity index (χ4v) is 1.51. The lowest BCUT2D eigenvalue weighted by molar-refractivity contribution is -0.137. The summed E-state index contributed by atoms with van der Waals surface area (Å²) in [4.78, 5) is 10.3. The second kappa shape index (κ2) is 6.28. The third-order valence-corrected chi connectivity index (χ3v) is 2.64. The van der Waals surface area contributed by atoms with Gasteiger partial charge in [-0.05, 0) is 43.5 Å². The molecule has 0 saturated heterocycles. The molecule has 1 aromatic rings. The molecule has 0 aliphatic carbocycles. The molecule has 0 aliphatic rings. The molecule has 2 N–H and O–H groups in total. The molecule has 3 heteroatoms. The van der Waals surface area contributed by atoms with E-state index in [0.29, 0.717) is 6.42 Å². The monoisotopic (exact) mass is 221 g/mol. The smallest absolute Gasteiger partial charge is 0.303 e. The summed E-state index contributed by atoms with van der Waals surface area (Å²) in [5, 5.41) is 11.7. The number of hydrogen-bond donors (Lipinski definition) is 2. The number of carboxylic acids is 1. The van der Waals surface area contributed by atoms with E-state index >= 15 is 0 Å². The molecule has 1 aromatic carbocycles. The standard InChI is InChI=1S/C13H19NO2/c1-10-5-6-12(8-11(10)2)9-14-7-3-4-13(15)16/h5-6,8,14H,3-4,7,9H2,1-2H3,(H,15,16). The highest BCUT2D eigenvalue weighted by atomic mass is 16.4. The Morgan fingerprint density at radius 1 is 1.31 bits per heavy atom. The van der Waals surface area contributed by atoms with Crippen LogP contribution in [0, 0.1) is 13.8 Å². The largest absolute Gasteiger partial charge is 0.481 e. The van der Waals surface area contributed by atoms with E-state index < -0.39 is 5.97 Å². The van der Waals surface area contributed by atoms with Crippen molar-refractivity contribution in [2.75, 3.05) is 6.54 Å². The summed E-state index contributed by atoms with van der Waals surface area (Å²) >= 11 is 0. The second-order valence-corrected chi connectivity index (χ2v) is 4.09. The van der Waals surface area contributed by atoms with Gasteiger partial charge in [-0.3, -0.25) is 4.79 Å². The van der Waals surface area contributed by atoms with Crippen LogP contribution in [0.1, 0.15) is 29.5 Å². The number of carboxylic acid groups (broad SMARTS) is 1. The highest BCUT2D eigenvalue weighted by Crippen LogP contribution is 2.09. The fourth-order valence-electron chi connectivity index (χ4n) is 1.51. The SMILES string of the molecule is Cc1ccc(CNCCCC(=O)O)cc1C. The van der Waals surface area contributed by atoms with E-state index in [1.807, 2.05) is 0 Å². The molecule has 0 fully saturated rings. The van der Waals surface area contributed by atoms with Crippen molar-refractivity contribution in [2.45, 2.75) is 33.2 Å². The molecular formula is C13H19NO2. The van der Waals surface area contributed by atoms with Gasteiger partial charge in [0.15, 0.2) is 0 Å². The molecule has 0 atom stereocenters. The van der Waals surface area contributed by atoms with Crippen LogP contribution < -0.4 is 5.32 Å². The molecule has 0 aromatic heterocycles. The van der Waals surface area contributed by atoms with E-state index in [2.05, 4.69) is 37.4 Å². The summed E-state index contributed by atoms with van der Waals surface area (Å²) in [6.07, 6.45) is 0.917. The molecule has 3 nitrogen and oxygen atoms in total. The number of carbonyl (C=O) groups is 1. The van der Waals surface area contributed by atoms with Crippen molar-refractivity contribution in [3.05, 3.63) is 34.9 Å². The summed E-state index contributed by atoms with van der Waals surface area (Å²) in [5.74, 6) is -0.729. The first-order valence-corrected chi connectivity index (χ1v) is 5.58. The zero-order chi connectivity index (χ0) is 12.0. The maximum absolute atomic E-state index is 10.3. The molecule has 0 saturated carbocycles. The minimum atomic E-state index is -0.729. The van der Waals surface area contributed by atoms with E-state index in [1.54, 1.807) is 0 Å². The first-order valence-electron chi connectivity index (χ1n) is 5.58. The molecule has 0 unspecified atom stereocenters. The van der Waals surface area contributed by atoms with E-state index in [-0.39, 0.29) is 6.42 Å². The van der Waals surface area contributed by atoms with Crippen molar-refractivity contribution in [3.63, 3.8) is 0 Å². The Morgan fingerprint density at radius 3 is 2.69 bits per heavy atom. The summed E-state index contributed by atoms with van der Waals surface area (Å²) in [5.41, 5.74) is 3.85. The Bertz CT molecular complexity index is 361. The number of nitrogens with one attached hydrogen (secondary N) is 1. The van der Waals surface area contributed by atoms with Crippen LogP contribution in [0.2, 0.25) is 0 Å². The minimum Gasteiger partial charge on any atom is -0.481 e. The van der Waals surface area contributed by atoms with Crippen LogP contribution in [0.15, 0.2) is 18.2 Å². The van der Waals surface area contributed by atoms with Crippen molar-refractivity contribution in [1.29, 1.82) is 0 Å². The predicted octanol–water partition coefficient (Wildman–Crippen LogP) is 2.26. The molecule has 1 rings (SSSR count). The van der Waals surface area contributed by atoms with Gasteiger partial charge in [-0.15, -0.1) is 0 Å². The van der Waals surface area contributed by atoms with Crippen LogP contribution in [0.4, 0.5) is 0 Å². The minimum absolute atomic E-state index is 0.236. The number of aryl methyl sites for hydroxylation is 2. The third kappa shape index (κ3) is 4.45. The van der Waals surface area contributed by atoms with Crippen molar-refractivity contribution < 1.29 is 9.90 Å². The Morgan fingerprint density at radius 2 is 2.06 bits per heavy atom.